The zero-order chi connectivity index (χ0) is 12.7. The quantitative estimate of drug-likeness (QED) is 0.459. The highest BCUT2D eigenvalue weighted by Crippen LogP contribution is 2.16. The van der Waals surface area contributed by atoms with Crippen molar-refractivity contribution in [3.05, 3.63) is 24.3 Å². The van der Waals surface area contributed by atoms with Gasteiger partial charge in [-0.2, -0.15) is 0 Å². The molecule has 0 aliphatic rings. The molecule has 5 heteroatoms. The monoisotopic (exact) mass is 239 g/mol. The Kier molecular flexibility index (Phi) is 5.29. The number of nitrogen functional groups attached to an aromatic ring is 1. The number of hydrogen-bond donors (Lipinski definition) is 1. The lowest BCUT2D eigenvalue weighted by atomic mass is 10.3. The van der Waals surface area contributed by atoms with Crippen molar-refractivity contribution >= 4 is 11.7 Å². The van der Waals surface area contributed by atoms with Crippen LogP contribution in [0.1, 0.15) is 6.92 Å². The van der Waals surface area contributed by atoms with Gasteiger partial charge in [0.05, 0.1) is 6.61 Å². The van der Waals surface area contributed by atoms with E-state index in [1.807, 2.05) is 0 Å². The van der Waals surface area contributed by atoms with Crippen LogP contribution in [-0.4, -0.2) is 32.4 Å². The molecule has 0 radical (unpaired) electrons. The maximum absolute atomic E-state index is 11.5. The normalized spacial score (nSPS) is 11.9. The standard InChI is InChI=1S/C12H17NO4/c1-9(12(14)16-7-6-15-2)17-11-5-3-4-10(13)8-11/h3-5,8-9H,6-7,13H2,1-2H3/t9-/m0/s1. The van der Waals surface area contributed by atoms with Gasteiger partial charge in [-0.05, 0) is 19.1 Å². The predicted molar refractivity (Wildman–Crippen MR) is 63.8 cm³/mol. The van der Waals surface area contributed by atoms with Crippen LogP contribution in [0.15, 0.2) is 24.3 Å². The maximum atomic E-state index is 11.5. The van der Waals surface area contributed by atoms with Crippen LogP contribution in [0.5, 0.6) is 5.75 Å². The van der Waals surface area contributed by atoms with Gasteiger partial charge in [-0.25, -0.2) is 4.79 Å². The van der Waals surface area contributed by atoms with Crippen LogP contribution in [0.3, 0.4) is 0 Å². The molecule has 0 amide bonds. The molecular weight excluding hydrogens is 222 g/mol. The number of rotatable bonds is 6. The average Bonchev–Trinajstić information content (AvgIpc) is 2.29. The van der Waals surface area contributed by atoms with Gasteiger partial charge in [0.15, 0.2) is 6.10 Å². The van der Waals surface area contributed by atoms with Gasteiger partial charge in [0, 0.05) is 18.9 Å². The molecule has 1 aromatic carbocycles. The SMILES string of the molecule is COCCOC(=O)[C@H](C)Oc1cccc(N)c1. The Morgan fingerprint density at radius 1 is 1.41 bits per heavy atom. The van der Waals surface area contributed by atoms with E-state index in [-0.39, 0.29) is 6.61 Å². The summed E-state index contributed by atoms with van der Waals surface area (Å²) in [5, 5.41) is 0. The van der Waals surface area contributed by atoms with Crippen LogP contribution >= 0.6 is 0 Å². The summed E-state index contributed by atoms with van der Waals surface area (Å²) in [5.41, 5.74) is 6.18. The topological polar surface area (TPSA) is 70.8 Å². The molecule has 0 spiro atoms. The Balaban J connectivity index is 2.43. The summed E-state index contributed by atoms with van der Waals surface area (Å²) in [5.74, 6) is 0.116. The van der Waals surface area contributed by atoms with Crippen molar-refractivity contribution in [2.75, 3.05) is 26.1 Å². The largest absolute Gasteiger partial charge is 0.479 e. The zero-order valence-electron chi connectivity index (χ0n) is 10.0. The minimum atomic E-state index is -0.673. The summed E-state index contributed by atoms with van der Waals surface area (Å²) >= 11 is 0. The highest BCUT2D eigenvalue weighted by molar-refractivity contribution is 5.74. The first-order valence-corrected chi connectivity index (χ1v) is 5.31. The zero-order valence-corrected chi connectivity index (χ0v) is 10.0. The van der Waals surface area contributed by atoms with Gasteiger partial charge in [-0.1, -0.05) is 6.07 Å². The van der Waals surface area contributed by atoms with Crippen molar-refractivity contribution in [3.8, 4) is 5.75 Å². The lowest BCUT2D eigenvalue weighted by molar-refractivity contribution is -0.152. The van der Waals surface area contributed by atoms with Crippen molar-refractivity contribution in [3.63, 3.8) is 0 Å². The van der Waals surface area contributed by atoms with Crippen LogP contribution in [0.25, 0.3) is 0 Å². The van der Waals surface area contributed by atoms with Gasteiger partial charge in [-0.15, -0.1) is 0 Å². The van der Waals surface area contributed by atoms with Crippen molar-refractivity contribution in [1.29, 1.82) is 0 Å². The van der Waals surface area contributed by atoms with E-state index in [0.29, 0.717) is 18.0 Å². The number of methoxy groups -OCH3 is 1. The summed E-state index contributed by atoms with van der Waals surface area (Å²) in [6.45, 7) is 2.22. The molecule has 0 aromatic heterocycles. The molecule has 1 rings (SSSR count). The van der Waals surface area contributed by atoms with Gasteiger partial charge >= 0.3 is 5.97 Å². The third-order valence-corrected chi connectivity index (χ3v) is 2.03. The second kappa shape index (κ2) is 6.75. The van der Waals surface area contributed by atoms with E-state index in [9.17, 15) is 4.79 Å². The molecule has 0 aliphatic carbocycles. The number of anilines is 1. The van der Waals surface area contributed by atoms with Gasteiger partial charge < -0.3 is 19.9 Å². The number of esters is 1. The molecule has 2 N–H and O–H groups in total. The Morgan fingerprint density at radius 2 is 2.18 bits per heavy atom. The van der Waals surface area contributed by atoms with E-state index in [4.69, 9.17) is 19.9 Å². The molecule has 5 nitrogen and oxygen atoms in total. The summed E-state index contributed by atoms with van der Waals surface area (Å²) in [7, 11) is 1.54. The summed E-state index contributed by atoms with van der Waals surface area (Å²) in [4.78, 5) is 11.5. The Hall–Kier alpha value is -1.75. The smallest absolute Gasteiger partial charge is 0.347 e. The second-order valence-corrected chi connectivity index (χ2v) is 3.49. The molecule has 17 heavy (non-hydrogen) atoms. The van der Waals surface area contributed by atoms with E-state index in [1.165, 1.54) is 0 Å². The molecule has 0 fully saturated rings. The number of carbonyl (C=O) groups excluding carboxylic acids is 1. The molecular formula is C12H17NO4. The number of carbonyl (C=O) groups is 1. The lowest BCUT2D eigenvalue weighted by Gasteiger charge is -2.14. The molecule has 0 saturated heterocycles. The summed E-state index contributed by atoms with van der Waals surface area (Å²) in [6.07, 6.45) is -0.673. The number of benzene rings is 1. The van der Waals surface area contributed by atoms with Crippen LogP contribution < -0.4 is 10.5 Å². The minimum absolute atomic E-state index is 0.222. The number of ether oxygens (including phenoxy) is 3. The van der Waals surface area contributed by atoms with E-state index in [0.717, 1.165) is 0 Å². The lowest BCUT2D eigenvalue weighted by Crippen LogP contribution is -2.27. The van der Waals surface area contributed by atoms with Crippen LogP contribution in [0, 0.1) is 0 Å². The van der Waals surface area contributed by atoms with Gasteiger partial charge in [0.2, 0.25) is 0 Å². The maximum Gasteiger partial charge on any atom is 0.347 e. The fourth-order valence-corrected chi connectivity index (χ4v) is 1.18. The molecule has 1 atom stereocenters. The van der Waals surface area contributed by atoms with Gasteiger partial charge in [0.25, 0.3) is 0 Å². The van der Waals surface area contributed by atoms with Gasteiger partial charge in [-0.3, -0.25) is 0 Å². The molecule has 0 unspecified atom stereocenters. The van der Waals surface area contributed by atoms with E-state index < -0.39 is 12.1 Å². The first kappa shape index (κ1) is 13.3. The molecule has 0 aliphatic heterocycles. The fourth-order valence-electron chi connectivity index (χ4n) is 1.18. The van der Waals surface area contributed by atoms with Gasteiger partial charge in [0.1, 0.15) is 12.4 Å². The Labute approximate surface area is 100 Å². The number of nitrogens with two attached hydrogens (primary N) is 1. The molecule has 0 bridgehead atoms. The van der Waals surface area contributed by atoms with Crippen molar-refractivity contribution in [2.24, 2.45) is 0 Å². The molecule has 94 valence electrons. The van der Waals surface area contributed by atoms with Crippen LogP contribution in [0.4, 0.5) is 5.69 Å². The summed E-state index contributed by atoms with van der Waals surface area (Å²) < 4.78 is 15.1. The first-order chi connectivity index (χ1) is 8.13. The third-order valence-electron chi connectivity index (χ3n) is 2.03. The predicted octanol–water partition coefficient (Wildman–Crippen LogP) is 1.23. The highest BCUT2D eigenvalue weighted by atomic mass is 16.6. The molecule has 0 saturated carbocycles. The van der Waals surface area contributed by atoms with Crippen LogP contribution in [0.2, 0.25) is 0 Å². The number of hydrogen-bond acceptors (Lipinski definition) is 5. The van der Waals surface area contributed by atoms with E-state index in [2.05, 4.69) is 0 Å². The fraction of sp³-hybridized carbons (Fsp3) is 0.417. The first-order valence-electron chi connectivity index (χ1n) is 5.31. The van der Waals surface area contributed by atoms with E-state index >= 15 is 0 Å². The Morgan fingerprint density at radius 3 is 2.82 bits per heavy atom. The molecule has 1 aromatic rings. The van der Waals surface area contributed by atoms with E-state index in [1.54, 1.807) is 38.3 Å². The average molecular weight is 239 g/mol. The van der Waals surface area contributed by atoms with Crippen molar-refractivity contribution < 1.29 is 19.0 Å². The summed E-state index contributed by atoms with van der Waals surface area (Å²) in [6, 6.07) is 6.89. The van der Waals surface area contributed by atoms with Crippen molar-refractivity contribution in [2.45, 2.75) is 13.0 Å². The highest BCUT2D eigenvalue weighted by Gasteiger charge is 2.16. The second-order valence-electron chi connectivity index (χ2n) is 3.49. The minimum Gasteiger partial charge on any atom is -0.479 e. The third kappa shape index (κ3) is 4.74. The Bertz CT molecular complexity index is 367. The van der Waals surface area contributed by atoms with Crippen molar-refractivity contribution in [1.82, 2.24) is 0 Å². The van der Waals surface area contributed by atoms with Crippen LogP contribution in [-0.2, 0) is 14.3 Å². The molecule has 0 heterocycles.